The molecule has 11 heterocycles. The Morgan fingerprint density at radius 2 is 0.802 bits per heavy atom. The van der Waals surface area contributed by atoms with E-state index in [1.165, 1.54) is 97.8 Å². The van der Waals surface area contributed by atoms with E-state index in [0.29, 0.717) is 83.8 Å². The SMILES string of the molecule is CC1(c2ccc(Cl)cn2)CC1.CCc1cc(C(F)(F)F)ccn1.CCc1ccc(C(F)(F)F)nc1.CCc1ccc(C(F)(F)F)nc1.CCc1ccc(Cl)cn1.CCc1ccc(OC(F)F)nc1.CCc1ccc(OC)nc1.CCc1cccc(C(F)(F)F)n1.CCc1ccnc(C(F)(F)F)c1.CCc1cncc(C(F)(F)F)c1.CCc1ncccc1C(F)(F)F. The summed E-state index contributed by atoms with van der Waals surface area (Å²) in [5, 5.41) is 1.42. The van der Waals surface area contributed by atoms with Crippen LogP contribution in [-0.2, 0) is 113 Å². The predicted octanol–water partition coefficient (Wildman–Crippen LogP) is 27.6. The number of nitrogens with zero attached hydrogens (tertiary/aromatic N) is 11. The number of halogens is 25. The van der Waals surface area contributed by atoms with Crippen LogP contribution in [0.1, 0.15) is 190 Å². The van der Waals surface area contributed by atoms with Crippen molar-refractivity contribution in [2.75, 3.05) is 7.11 Å². The number of aryl methyl sites for hydroxylation is 10. The third kappa shape index (κ3) is 44.4. The lowest BCUT2D eigenvalue weighted by molar-refractivity contribution is -0.142. The second-order valence-electron chi connectivity index (χ2n) is 26.3. The van der Waals surface area contributed by atoms with Crippen LogP contribution in [0.3, 0.4) is 0 Å². The van der Waals surface area contributed by atoms with Gasteiger partial charge in [-0.2, -0.15) is 101 Å². The van der Waals surface area contributed by atoms with Crippen molar-refractivity contribution < 1.29 is 110 Å². The zero-order valence-electron chi connectivity index (χ0n) is 70.3. The van der Waals surface area contributed by atoms with Gasteiger partial charge in [0, 0.05) is 108 Å². The highest BCUT2D eigenvalue weighted by atomic mass is 35.5. The van der Waals surface area contributed by atoms with Gasteiger partial charge in [0.05, 0.1) is 39.5 Å². The van der Waals surface area contributed by atoms with Crippen LogP contribution in [0.5, 0.6) is 11.8 Å². The lowest BCUT2D eigenvalue weighted by atomic mass is 10.1. The zero-order chi connectivity index (χ0) is 95.3. The van der Waals surface area contributed by atoms with Crippen LogP contribution in [0.25, 0.3) is 0 Å². The van der Waals surface area contributed by atoms with Crippen molar-refractivity contribution in [1.29, 1.82) is 0 Å². The van der Waals surface area contributed by atoms with Gasteiger partial charge >= 0.3 is 49.8 Å². The fourth-order valence-electron chi connectivity index (χ4n) is 9.26. The van der Waals surface area contributed by atoms with E-state index in [0.717, 1.165) is 101 Å². The Bertz CT molecular complexity index is 4520. The van der Waals surface area contributed by atoms with Gasteiger partial charge in [-0.3, -0.25) is 39.9 Å². The normalized spacial score (nSPS) is 11.9. The maximum atomic E-state index is 12.2. The molecule has 0 amide bonds. The molecule has 0 spiro atoms. The summed E-state index contributed by atoms with van der Waals surface area (Å²) in [6, 6.07) is 31.7. The Kier molecular flexibility index (Phi) is 48.0. The highest BCUT2D eigenvalue weighted by Gasteiger charge is 2.41. The molecule has 126 heavy (non-hydrogen) atoms. The van der Waals surface area contributed by atoms with E-state index in [-0.39, 0.29) is 11.6 Å². The molecular formula is C88H94Cl2F23N11O2. The minimum atomic E-state index is -4.33. The number of ether oxygens (including phenoxy) is 2. The second-order valence-corrected chi connectivity index (χ2v) is 27.2. The molecule has 11 aromatic rings. The van der Waals surface area contributed by atoms with E-state index >= 15 is 0 Å². The number of methoxy groups -OCH3 is 1. The van der Waals surface area contributed by atoms with Crippen molar-refractivity contribution in [2.24, 2.45) is 0 Å². The van der Waals surface area contributed by atoms with Crippen molar-refractivity contribution >= 4 is 23.2 Å². The average Bonchev–Trinajstić information content (AvgIpc) is 1.64. The van der Waals surface area contributed by atoms with E-state index in [1.807, 2.05) is 63.4 Å². The largest absolute Gasteiger partial charge is 0.481 e. The smallest absolute Gasteiger partial charge is 0.433 e. The summed E-state index contributed by atoms with van der Waals surface area (Å²) in [7, 11) is 1.62. The minimum absolute atomic E-state index is 0.0396. The first-order valence-electron chi connectivity index (χ1n) is 38.6. The molecule has 688 valence electrons. The fraction of sp³-hybridized carbons (Fsp3) is 0.375. The van der Waals surface area contributed by atoms with Gasteiger partial charge in [0.15, 0.2) is 0 Å². The van der Waals surface area contributed by atoms with E-state index in [1.54, 1.807) is 72.3 Å². The van der Waals surface area contributed by atoms with Gasteiger partial charge in [-0.15, -0.1) is 0 Å². The number of pyridine rings is 11. The van der Waals surface area contributed by atoms with Crippen LogP contribution in [0.2, 0.25) is 10.0 Å². The fourth-order valence-corrected chi connectivity index (χ4v) is 9.49. The van der Waals surface area contributed by atoms with Gasteiger partial charge in [-0.1, -0.05) is 130 Å². The molecule has 0 atom stereocenters. The molecule has 13 nitrogen and oxygen atoms in total. The Hall–Kier alpha value is -10.8. The van der Waals surface area contributed by atoms with Gasteiger partial charge < -0.3 is 9.47 Å². The lowest BCUT2D eigenvalue weighted by Gasteiger charge is -2.09. The third-order valence-electron chi connectivity index (χ3n) is 16.9. The molecule has 1 fully saturated rings. The predicted molar refractivity (Wildman–Crippen MR) is 435 cm³/mol. The maximum absolute atomic E-state index is 12.2. The first kappa shape index (κ1) is 111. The number of hydrogen-bond acceptors (Lipinski definition) is 13. The van der Waals surface area contributed by atoms with Gasteiger partial charge in [0.1, 0.15) is 22.8 Å². The Labute approximate surface area is 725 Å². The molecule has 0 unspecified atom stereocenters. The summed E-state index contributed by atoms with van der Waals surface area (Å²) in [5.41, 5.74) is 3.52. The highest BCUT2D eigenvalue weighted by Crippen LogP contribution is 2.47. The van der Waals surface area contributed by atoms with Crippen LogP contribution in [0, 0.1) is 0 Å². The molecule has 11 aromatic heterocycles. The van der Waals surface area contributed by atoms with Crippen LogP contribution < -0.4 is 9.47 Å². The number of aromatic nitrogens is 11. The van der Waals surface area contributed by atoms with Crippen molar-refractivity contribution in [3.8, 4) is 11.8 Å². The van der Waals surface area contributed by atoms with Gasteiger partial charge in [-0.05, 0) is 201 Å². The standard InChI is InChI=1S/C9H10ClN.7C8H8F3N.C8H9F2NO.C8H11NO.C7H8ClN/c1-9(4-5-9)8-3-2-7(10)6-11-8;1-2-6-3-7(5-12-4-6)8(9,10)11;1-2-7-5-6(3-4-12-7)8(9,10)11;1-2-6-3-4-12-7(5-6)8(9,10)11;2*1-2-6-3-4-7(12-5-6)8(9,10)11;1-2-7-6(8(9,10)11)4-3-5-12-7;1-2-6-4-3-5-7(12-6)8(9,10)11;1-2-6-3-4-7(11-5-6)12-8(9)10;1-3-7-4-5-8(10-2)9-6-7;1-2-7-4-3-6(8)5-9-7/h2-3,6H,4-5H2,1H3;7*3-5H,2H2,1H3;3-5,8H,2H2,1H3;4-6H,3H2,1-2H3;3-5H,2H2,1H3. The minimum Gasteiger partial charge on any atom is -0.481 e. The molecule has 0 aromatic carbocycles. The van der Waals surface area contributed by atoms with Crippen LogP contribution in [0.4, 0.5) is 101 Å². The van der Waals surface area contributed by atoms with Crippen LogP contribution >= 0.6 is 23.2 Å². The molecule has 12 rings (SSSR count). The monoisotopic (exact) mass is 1840 g/mol. The number of alkyl halides is 23. The topological polar surface area (TPSA) is 160 Å². The molecule has 0 bridgehead atoms. The molecule has 1 aliphatic rings. The zero-order valence-corrected chi connectivity index (χ0v) is 71.8. The molecule has 1 saturated carbocycles. The van der Waals surface area contributed by atoms with Gasteiger partial charge in [0.2, 0.25) is 11.8 Å². The van der Waals surface area contributed by atoms with Crippen molar-refractivity contribution in [1.82, 2.24) is 54.8 Å². The van der Waals surface area contributed by atoms with E-state index in [4.69, 9.17) is 27.9 Å². The molecule has 0 radical (unpaired) electrons. The third-order valence-corrected chi connectivity index (χ3v) is 17.4. The average molecular weight is 1850 g/mol. The van der Waals surface area contributed by atoms with Crippen LogP contribution in [0.15, 0.2) is 202 Å². The summed E-state index contributed by atoms with van der Waals surface area (Å²) >= 11 is 11.3. The molecule has 1 aliphatic carbocycles. The van der Waals surface area contributed by atoms with Gasteiger partial charge in [-0.25, -0.2) is 15.0 Å². The number of hydrogen-bond donors (Lipinski definition) is 0. The molecule has 0 saturated heterocycles. The summed E-state index contributed by atoms with van der Waals surface area (Å²) in [4.78, 5) is 40.3. The molecule has 0 N–H and O–H groups in total. The second kappa shape index (κ2) is 54.3. The maximum Gasteiger partial charge on any atom is 0.433 e. The Morgan fingerprint density at radius 1 is 0.333 bits per heavy atom. The Morgan fingerprint density at radius 3 is 1.17 bits per heavy atom. The summed E-state index contributed by atoms with van der Waals surface area (Å²) < 4.78 is 285. The van der Waals surface area contributed by atoms with Crippen LogP contribution in [-0.4, -0.2) is 68.5 Å². The highest BCUT2D eigenvalue weighted by molar-refractivity contribution is 6.30. The molecule has 38 heteroatoms. The van der Waals surface area contributed by atoms with Gasteiger partial charge in [0.25, 0.3) is 0 Å². The molecular weight excluding hydrogens is 1750 g/mol. The van der Waals surface area contributed by atoms with Crippen molar-refractivity contribution in [3.05, 3.63) is 313 Å². The van der Waals surface area contributed by atoms with Crippen molar-refractivity contribution in [3.63, 3.8) is 0 Å². The lowest BCUT2D eigenvalue weighted by Crippen LogP contribution is -2.09. The van der Waals surface area contributed by atoms with E-state index in [9.17, 15) is 101 Å². The van der Waals surface area contributed by atoms with E-state index in [2.05, 4.69) is 80.3 Å². The summed E-state index contributed by atoms with van der Waals surface area (Å²) in [6.07, 6.45) is -5.62. The Balaban J connectivity index is 0.000000470. The van der Waals surface area contributed by atoms with E-state index < -0.39 is 89.3 Å². The van der Waals surface area contributed by atoms with Crippen molar-refractivity contribution in [2.45, 2.75) is 208 Å². The quantitative estimate of drug-likeness (QED) is 0.0947. The summed E-state index contributed by atoms with van der Waals surface area (Å²) in [5.74, 6) is 0.638. The first-order valence-corrected chi connectivity index (χ1v) is 39.4. The molecule has 0 aliphatic heterocycles. The number of rotatable bonds is 14. The first-order chi connectivity index (χ1) is 58.9. The summed E-state index contributed by atoms with van der Waals surface area (Å²) in [6.45, 7) is 18.1.